The minimum absolute atomic E-state index is 0.203. The second-order valence-corrected chi connectivity index (χ2v) is 7.37. The average Bonchev–Trinajstić information content (AvgIpc) is 2.65. The predicted octanol–water partition coefficient (Wildman–Crippen LogP) is 3.64. The normalized spacial score (nSPS) is 21.2. The maximum Gasteiger partial charge on any atom is 0.131 e. The zero-order chi connectivity index (χ0) is 18.1. The van der Waals surface area contributed by atoms with Gasteiger partial charge in [0.1, 0.15) is 17.5 Å². The highest BCUT2D eigenvalue weighted by Crippen LogP contribution is 2.43. The van der Waals surface area contributed by atoms with Gasteiger partial charge in [-0.15, -0.1) is 0 Å². The number of aliphatic hydroxyl groups is 1. The van der Waals surface area contributed by atoms with Crippen molar-refractivity contribution in [1.29, 1.82) is 0 Å². The molecule has 26 heavy (non-hydrogen) atoms. The maximum absolute atomic E-state index is 11.0. The lowest BCUT2D eigenvalue weighted by atomic mass is 9.84. The Balaban J connectivity index is 1.67. The van der Waals surface area contributed by atoms with Crippen molar-refractivity contribution in [2.24, 2.45) is 0 Å². The van der Waals surface area contributed by atoms with E-state index in [1.165, 1.54) is 5.56 Å². The molecule has 2 heterocycles. The average molecular weight is 348 g/mol. The van der Waals surface area contributed by atoms with Crippen LogP contribution in [0.1, 0.15) is 31.0 Å². The molecule has 0 bridgehead atoms. The molecule has 1 aromatic heterocycles. The van der Waals surface area contributed by atoms with Crippen molar-refractivity contribution >= 4 is 10.9 Å². The van der Waals surface area contributed by atoms with E-state index in [0.29, 0.717) is 0 Å². The van der Waals surface area contributed by atoms with E-state index in [-0.39, 0.29) is 6.04 Å². The quantitative estimate of drug-likeness (QED) is 0.756. The van der Waals surface area contributed by atoms with Gasteiger partial charge in [-0.3, -0.25) is 4.98 Å². The van der Waals surface area contributed by atoms with E-state index in [9.17, 15) is 5.11 Å². The molecule has 1 aliphatic heterocycles. The van der Waals surface area contributed by atoms with E-state index >= 15 is 0 Å². The summed E-state index contributed by atoms with van der Waals surface area (Å²) in [4.78, 5) is 4.45. The Hall–Kier alpha value is -2.43. The first-order valence-electron chi connectivity index (χ1n) is 9.08. The lowest BCUT2D eigenvalue weighted by Gasteiger charge is -2.43. The predicted molar refractivity (Wildman–Crippen MR) is 103 cm³/mol. The zero-order valence-corrected chi connectivity index (χ0v) is 15.1. The van der Waals surface area contributed by atoms with E-state index in [1.807, 2.05) is 44.2 Å². The standard InChI is InChI=1S/C22H24N2O2/c1-22(2)21(25)20(24-14-12-15-7-4-3-5-8-15)19-16-9-6-13-23-17(16)10-11-18(19)26-22/h3-11,13,20-21,24-25H,12,14H2,1-2H3/t20-,21+/m1/s1. The Bertz CT molecular complexity index is 908. The van der Waals surface area contributed by atoms with Gasteiger partial charge in [0, 0.05) is 17.1 Å². The lowest BCUT2D eigenvalue weighted by molar-refractivity contribution is -0.0638. The van der Waals surface area contributed by atoms with Crippen LogP contribution >= 0.6 is 0 Å². The molecule has 3 aromatic rings. The molecule has 134 valence electrons. The minimum Gasteiger partial charge on any atom is -0.485 e. The highest BCUT2D eigenvalue weighted by atomic mass is 16.5. The first-order chi connectivity index (χ1) is 12.6. The third kappa shape index (κ3) is 3.06. The van der Waals surface area contributed by atoms with Crippen LogP contribution in [0.25, 0.3) is 10.9 Å². The number of hydrogen-bond donors (Lipinski definition) is 2. The van der Waals surface area contributed by atoms with Gasteiger partial charge < -0.3 is 15.2 Å². The van der Waals surface area contributed by atoms with Crippen LogP contribution in [-0.4, -0.2) is 28.3 Å². The lowest BCUT2D eigenvalue weighted by Crippen LogP contribution is -2.52. The Morgan fingerprint density at radius 3 is 2.69 bits per heavy atom. The number of hydrogen-bond acceptors (Lipinski definition) is 4. The van der Waals surface area contributed by atoms with Crippen LogP contribution in [0.5, 0.6) is 5.75 Å². The smallest absolute Gasteiger partial charge is 0.131 e. The Morgan fingerprint density at radius 2 is 1.88 bits per heavy atom. The molecule has 1 aliphatic rings. The van der Waals surface area contributed by atoms with Gasteiger partial charge in [0.2, 0.25) is 0 Å². The summed E-state index contributed by atoms with van der Waals surface area (Å²) in [6.07, 6.45) is 2.04. The number of pyridine rings is 1. The number of rotatable bonds is 4. The fraction of sp³-hybridized carbons (Fsp3) is 0.318. The van der Waals surface area contributed by atoms with Crippen LogP contribution in [0.4, 0.5) is 0 Å². The summed E-state index contributed by atoms with van der Waals surface area (Å²) in [7, 11) is 0. The van der Waals surface area contributed by atoms with Gasteiger partial charge in [0.05, 0.1) is 11.6 Å². The van der Waals surface area contributed by atoms with E-state index in [0.717, 1.165) is 35.2 Å². The summed E-state index contributed by atoms with van der Waals surface area (Å²) in [6, 6.07) is 18.1. The fourth-order valence-corrected chi connectivity index (χ4v) is 3.70. The van der Waals surface area contributed by atoms with Crippen molar-refractivity contribution in [3.8, 4) is 5.75 Å². The van der Waals surface area contributed by atoms with Crippen molar-refractivity contribution in [3.63, 3.8) is 0 Å². The summed E-state index contributed by atoms with van der Waals surface area (Å²) in [5, 5.41) is 15.6. The third-order valence-electron chi connectivity index (χ3n) is 5.12. The van der Waals surface area contributed by atoms with Crippen molar-refractivity contribution in [3.05, 3.63) is 71.9 Å². The largest absolute Gasteiger partial charge is 0.485 e. The topological polar surface area (TPSA) is 54.4 Å². The molecule has 0 aliphatic carbocycles. The third-order valence-corrected chi connectivity index (χ3v) is 5.12. The summed E-state index contributed by atoms with van der Waals surface area (Å²) >= 11 is 0. The van der Waals surface area contributed by atoms with Crippen LogP contribution < -0.4 is 10.1 Å². The molecule has 0 saturated carbocycles. The van der Waals surface area contributed by atoms with E-state index in [2.05, 4.69) is 34.6 Å². The highest BCUT2D eigenvalue weighted by molar-refractivity contribution is 5.85. The fourth-order valence-electron chi connectivity index (χ4n) is 3.70. The van der Waals surface area contributed by atoms with Crippen molar-refractivity contribution in [2.75, 3.05) is 6.54 Å². The molecule has 0 radical (unpaired) electrons. The summed E-state index contributed by atoms with van der Waals surface area (Å²) in [5.74, 6) is 0.818. The molecule has 0 saturated heterocycles. The van der Waals surface area contributed by atoms with E-state index in [4.69, 9.17) is 4.74 Å². The molecule has 2 aromatic carbocycles. The number of ether oxygens (including phenoxy) is 1. The molecule has 0 spiro atoms. The highest BCUT2D eigenvalue weighted by Gasteiger charge is 2.43. The van der Waals surface area contributed by atoms with Crippen LogP contribution in [0.15, 0.2) is 60.8 Å². The molecule has 2 N–H and O–H groups in total. The molecule has 4 heteroatoms. The second kappa shape index (κ2) is 6.71. The number of benzene rings is 2. The molecule has 0 unspecified atom stereocenters. The Kier molecular flexibility index (Phi) is 4.39. The summed E-state index contributed by atoms with van der Waals surface area (Å²) in [6.45, 7) is 4.64. The molecule has 0 amide bonds. The van der Waals surface area contributed by atoms with E-state index in [1.54, 1.807) is 6.20 Å². The molecular weight excluding hydrogens is 324 g/mol. The van der Waals surface area contributed by atoms with Crippen LogP contribution in [0.2, 0.25) is 0 Å². The van der Waals surface area contributed by atoms with Gasteiger partial charge in [-0.05, 0) is 50.6 Å². The summed E-state index contributed by atoms with van der Waals surface area (Å²) < 4.78 is 6.12. The minimum atomic E-state index is -0.659. The Morgan fingerprint density at radius 1 is 1.08 bits per heavy atom. The van der Waals surface area contributed by atoms with Crippen molar-refractivity contribution < 1.29 is 9.84 Å². The van der Waals surface area contributed by atoms with Gasteiger partial charge in [0.15, 0.2) is 0 Å². The van der Waals surface area contributed by atoms with Crippen molar-refractivity contribution in [1.82, 2.24) is 10.3 Å². The van der Waals surface area contributed by atoms with Crippen LogP contribution in [0.3, 0.4) is 0 Å². The van der Waals surface area contributed by atoms with Gasteiger partial charge in [0.25, 0.3) is 0 Å². The second-order valence-electron chi connectivity index (χ2n) is 7.37. The maximum atomic E-state index is 11.0. The van der Waals surface area contributed by atoms with Crippen LogP contribution in [-0.2, 0) is 6.42 Å². The molecule has 2 atom stereocenters. The van der Waals surface area contributed by atoms with Gasteiger partial charge in [-0.1, -0.05) is 36.4 Å². The van der Waals surface area contributed by atoms with Gasteiger partial charge in [-0.2, -0.15) is 0 Å². The number of aromatic nitrogens is 1. The van der Waals surface area contributed by atoms with E-state index < -0.39 is 11.7 Å². The molecule has 0 fully saturated rings. The van der Waals surface area contributed by atoms with Crippen molar-refractivity contribution in [2.45, 2.75) is 38.0 Å². The zero-order valence-electron chi connectivity index (χ0n) is 15.1. The van der Waals surface area contributed by atoms with Gasteiger partial charge >= 0.3 is 0 Å². The number of aliphatic hydroxyl groups excluding tert-OH is 1. The first-order valence-corrected chi connectivity index (χ1v) is 9.08. The first kappa shape index (κ1) is 17.0. The number of nitrogens with one attached hydrogen (secondary N) is 1. The Labute approximate surface area is 153 Å². The molecule has 4 nitrogen and oxygen atoms in total. The molecule has 4 rings (SSSR count). The molecular formula is C22H24N2O2. The SMILES string of the molecule is CC1(C)Oc2ccc3ncccc3c2[C@@H](NCCc2ccccc2)[C@@H]1O. The van der Waals surface area contributed by atoms with Crippen LogP contribution in [0, 0.1) is 0 Å². The van der Waals surface area contributed by atoms with Gasteiger partial charge in [-0.25, -0.2) is 0 Å². The number of nitrogens with zero attached hydrogens (tertiary/aromatic N) is 1. The monoisotopic (exact) mass is 348 g/mol. The summed E-state index contributed by atoms with van der Waals surface area (Å²) in [5.41, 5.74) is 2.53. The number of fused-ring (bicyclic) bond motifs is 3.